The summed E-state index contributed by atoms with van der Waals surface area (Å²) >= 11 is 7.86. The van der Waals surface area contributed by atoms with Gasteiger partial charge in [0, 0.05) is 26.4 Å². The molecule has 0 radical (unpaired) electrons. The Morgan fingerprint density at radius 3 is 2.54 bits per heavy atom. The van der Waals surface area contributed by atoms with Crippen LogP contribution in [0.4, 0.5) is 13.2 Å². The molecule has 2 heterocycles. The van der Waals surface area contributed by atoms with Crippen molar-refractivity contribution in [1.82, 2.24) is 9.71 Å². The SMILES string of the molecule is C[C@](O)(c1ccnc(-c2cccc3cc(C(NS(=O)(=O)[C@@H]4CC45CC5)c4ccccc4Cl)sc23)c1)C(F)(F)F. The minimum absolute atomic E-state index is 0.0709. The summed E-state index contributed by atoms with van der Waals surface area (Å²) < 4.78 is 70.9. The smallest absolute Gasteiger partial charge is 0.376 e. The zero-order valence-electron chi connectivity index (χ0n) is 20.7. The summed E-state index contributed by atoms with van der Waals surface area (Å²) in [7, 11) is -3.63. The molecule has 4 aromatic rings. The molecule has 5 nitrogen and oxygen atoms in total. The van der Waals surface area contributed by atoms with Crippen molar-refractivity contribution in [3.63, 3.8) is 0 Å². The molecule has 204 valence electrons. The van der Waals surface area contributed by atoms with Crippen molar-refractivity contribution in [3.8, 4) is 11.3 Å². The van der Waals surface area contributed by atoms with Gasteiger partial charge in [0.15, 0.2) is 5.60 Å². The molecule has 1 spiro atoms. The number of thiophene rings is 1. The molecule has 2 aromatic carbocycles. The van der Waals surface area contributed by atoms with E-state index in [0.717, 1.165) is 29.0 Å². The summed E-state index contributed by atoms with van der Waals surface area (Å²) in [6.07, 6.45) is -1.11. The van der Waals surface area contributed by atoms with Crippen LogP contribution in [0.1, 0.15) is 48.2 Å². The third-order valence-corrected chi connectivity index (χ3v) is 11.5. The summed E-state index contributed by atoms with van der Waals surface area (Å²) in [6, 6.07) is 15.9. The van der Waals surface area contributed by atoms with Crippen LogP contribution in [0.5, 0.6) is 0 Å². The summed E-state index contributed by atoms with van der Waals surface area (Å²) in [6.45, 7) is 0.710. The molecule has 11 heteroatoms. The van der Waals surface area contributed by atoms with Gasteiger partial charge in [-0.3, -0.25) is 4.98 Å². The molecular formula is C28H24ClF3N2O3S2. The number of fused-ring (bicyclic) bond motifs is 1. The number of benzene rings is 2. The quantitative estimate of drug-likeness (QED) is 0.243. The van der Waals surface area contributed by atoms with Gasteiger partial charge in [-0.2, -0.15) is 13.2 Å². The summed E-state index contributed by atoms with van der Waals surface area (Å²) in [5, 5.41) is 11.0. The average Bonchev–Trinajstić information content (AvgIpc) is 3.78. The van der Waals surface area contributed by atoms with Crippen molar-refractivity contribution in [3.05, 3.63) is 87.9 Å². The van der Waals surface area contributed by atoms with Gasteiger partial charge in [0.2, 0.25) is 10.0 Å². The molecule has 2 N–H and O–H groups in total. The van der Waals surface area contributed by atoms with Crippen molar-refractivity contribution in [2.24, 2.45) is 5.41 Å². The third-order valence-electron chi connectivity index (χ3n) is 7.88. The molecule has 1 unspecified atom stereocenters. The first kappa shape index (κ1) is 26.7. The maximum atomic E-state index is 13.5. The van der Waals surface area contributed by atoms with Crippen LogP contribution in [0.3, 0.4) is 0 Å². The zero-order chi connectivity index (χ0) is 27.8. The van der Waals surface area contributed by atoms with E-state index in [1.165, 1.54) is 23.6 Å². The van der Waals surface area contributed by atoms with Gasteiger partial charge in [-0.15, -0.1) is 11.3 Å². The first-order chi connectivity index (χ1) is 18.3. The number of aromatic nitrogens is 1. The lowest BCUT2D eigenvalue weighted by Crippen LogP contribution is -2.39. The van der Waals surface area contributed by atoms with Gasteiger partial charge in [-0.1, -0.05) is 48.0 Å². The molecule has 0 amide bonds. The maximum Gasteiger partial charge on any atom is 0.421 e. The van der Waals surface area contributed by atoms with Crippen LogP contribution in [-0.2, 0) is 15.6 Å². The second kappa shape index (κ2) is 9.01. The minimum Gasteiger partial charge on any atom is -0.376 e. The number of alkyl halides is 3. The Labute approximate surface area is 232 Å². The predicted molar refractivity (Wildman–Crippen MR) is 146 cm³/mol. The number of nitrogens with one attached hydrogen (secondary N) is 1. The van der Waals surface area contributed by atoms with Gasteiger partial charge >= 0.3 is 6.18 Å². The molecule has 2 aliphatic carbocycles. The summed E-state index contributed by atoms with van der Waals surface area (Å²) in [5.41, 5.74) is -1.99. The fourth-order valence-corrected chi connectivity index (χ4v) is 8.90. The Morgan fingerprint density at radius 2 is 1.87 bits per heavy atom. The number of rotatable bonds is 7. The van der Waals surface area contributed by atoms with E-state index in [-0.39, 0.29) is 16.7 Å². The lowest BCUT2D eigenvalue weighted by Gasteiger charge is -2.26. The van der Waals surface area contributed by atoms with E-state index in [9.17, 15) is 26.7 Å². The Hall–Kier alpha value is -2.50. The largest absolute Gasteiger partial charge is 0.421 e. The van der Waals surface area contributed by atoms with Crippen molar-refractivity contribution in [2.45, 2.75) is 49.3 Å². The summed E-state index contributed by atoms with van der Waals surface area (Å²) in [4.78, 5) is 4.98. The van der Waals surface area contributed by atoms with E-state index in [0.29, 0.717) is 34.4 Å². The highest BCUT2D eigenvalue weighted by atomic mass is 35.5. The number of nitrogens with zero attached hydrogens (tertiary/aromatic N) is 1. The van der Waals surface area contributed by atoms with Crippen LogP contribution in [0, 0.1) is 5.41 Å². The lowest BCUT2D eigenvalue weighted by atomic mass is 9.94. The predicted octanol–water partition coefficient (Wildman–Crippen LogP) is 6.95. The van der Waals surface area contributed by atoms with E-state index in [1.807, 2.05) is 12.1 Å². The molecule has 2 aromatic heterocycles. The van der Waals surface area contributed by atoms with Crippen LogP contribution in [-0.4, -0.2) is 29.9 Å². The van der Waals surface area contributed by atoms with E-state index < -0.39 is 33.1 Å². The molecule has 0 saturated heterocycles. The first-order valence-electron chi connectivity index (χ1n) is 12.4. The van der Waals surface area contributed by atoms with E-state index in [2.05, 4.69) is 9.71 Å². The third kappa shape index (κ3) is 4.66. The van der Waals surface area contributed by atoms with Gasteiger partial charge in [-0.25, -0.2) is 13.1 Å². The van der Waals surface area contributed by atoms with Crippen LogP contribution >= 0.6 is 22.9 Å². The maximum absolute atomic E-state index is 13.5. The molecular weight excluding hydrogens is 569 g/mol. The minimum atomic E-state index is -4.87. The zero-order valence-corrected chi connectivity index (χ0v) is 23.1. The summed E-state index contributed by atoms with van der Waals surface area (Å²) in [5.74, 6) is 0. The lowest BCUT2D eigenvalue weighted by molar-refractivity contribution is -0.258. The van der Waals surface area contributed by atoms with Gasteiger partial charge < -0.3 is 5.11 Å². The second-order valence-electron chi connectivity index (χ2n) is 10.5. The Kier molecular flexibility index (Phi) is 6.17. The fourth-order valence-electron chi connectivity index (χ4n) is 5.14. The molecule has 2 saturated carbocycles. The van der Waals surface area contributed by atoms with E-state index >= 15 is 0 Å². The standard InChI is InChI=1S/C28H24ClF3N2O3S2/c1-26(35,28(30,31)32)17-9-12-33-21(14-17)19-7-4-5-16-13-22(38-25(16)19)24(18-6-2-3-8-20(18)29)34-39(36,37)23-15-27(23)10-11-27/h2-9,12-14,23-24,34-35H,10-11,15H2,1H3/t23-,24?,26+/m1/s1. The van der Waals surface area contributed by atoms with Crippen LogP contribution in [0.25, 0.3) is 21.3 Å². The number of halogens is 4. The monoisotopic (exact) mass is 592 g/mol. The molecule has 3 atom stereocenters. The number of pyridine rings is 1. The average molecular weight is 593 g/mol. The van der Waals surface area contributed by atoms with Crippen molar-refractivity contribution < 1.29 is 26.7 Å². The molecule has 2 fully saturated rings. The number of hydrogen-bond acceptors (Lipinski definition) is 5. The van der Waals surface area contributed by atoms with Crippen molar-refractivity contribution >= 4 is 43.0 Å². The first-order valence-corrected chi connectivity index (χ1v) is 15.1. The Bertz CT molecular complexity index is 1700. The molecule has 0 aliphatic heterocycles. The van der Waals surface area contributed by atoms with E-state index in [4.69, 9.17) is 11.6 Å². The van der Waals surface area contributed by atoms with Crippen LogP contribution in [0.2, 0.25) is 5.02 Å². The fraction of sp³-hybridized carbons (Fsp3) is 0.321. The van der Waals surface area contributed by atoms with Gasteiger partial charge in [0.05, 0.1) is 17.0 Å². The second-order valence-corrected chi connectivity index (χ2v) is 13.9. The van der Waals surface area contributed by atoms with Crippen LogP contribution in [0.15, 0.2) is 66.9 Å². The molecule has 6 rings (SSSR count). The van der Waals surface area contributed by atoms with Gasteiger partial charge in [-0.05, 0) is 72.4 Å². The van der Waals surface area contributed by atoms with E-state index in [1.54, 1.807) is 36.4 Å². The molecule has 2 aliphatic rings. The van der Waals surface area contributed by atoms with Crippen LogP contribution < -0.4 is 4.72 Å². The number of aliphatic hydroxyl groups is 1. The van der Waals surface area contributed by atoms with Gasteiger partial charge in [0.25, 0.3) is 0 Å². The normalized spacial score (nSPS) is 20.6. The number of sulfonamides is 1. The highest BCUT2D eigenvalue weighted by Crippen LogP contribution is 2.68. The molecule has 39 heavy (non-hydrogen) atoms. The van der Waals surface area contributed by atoms with Crippen molar-refractivity contribution in [2.75, 3.05) is 0 Å². The van der Waals surface area contributed by atoms with Gasteiger partial charge in [0.1, 0.15) is 0 Å². The highest BCUT2D eigenvalue weighted by Gasteiger charge is 2.68. The number of hydrogen-bond donors (Lipinski definition) is 2. The Morgan fingerprint density at radius 1 is 1.13 bits per heavy atom. The molecule has 0 bridgehead atoms. The Balaban J connectivity index is 1.44. The van der Waals surface area contributed by atoms with Crippen molar-refractivity contribution in [1.29, 1.82) is 0 Å². The topological polar surface area (TPSA) is 79.3 Å². The highest BCUT2D eigenvalue weighted by molar-refractivity contribution is 7.90.